The number of carbonyl (C=O) groups excluding carboxylic acids is 1. The van der Waals surface area contributed by atoms with Gasteiger partial charge in [-0.2, -0.15) is 0 Å². The molecule has 16 heavy (non-hydrogen) atoms. The van der Waals surface area contributed by atoms with Crippen molar-refractivity contribution in [1.29, 1.82) is 0 Å². The Hall–Kier alpha value is -1.34. The summed E-state index contributed by atoms with van der Waals surface area (Å²) < 4.78 is 14.0. The molecule has 0 saturated heterocycles. The molecule has 4 nitrogen and oxygen atoms in total. The summed E-state index contributed by atoms with van der Waals surface area (Å²) >= 11 is 4.34. The van der Waals surface area contributed by atoms with Crippen molar-refractivity contribution in [2.75, 3.05) is 5.32 Å². The monoisotopic (exact) mass is 301 g/mol. The van der Waals surface area contributed by atoms with Crippen molar-refractivity contribution >= 4 is 38.3 Å². The summed E-state index contributed by atoms with van der Waals surface area (Å²) in [5.41, 5.74) is 1.44. The number of nitrogens with zero attached hydrogens (tertiary/aromatic N) is 2. The zero-order valence-electron chi connectivity index (χ0n) is 7.78. The van der Waals surface area contributed by atoms with Gasteiger partial charge in [-0.1, -0.05) is 27.3 Å². The Kier molecular flexibility index (Phi) is 3.25. The topological polar surface area (TPSA) is 54.9 Å². The zero-order chi connectivity index (χ0) is 11.5. The van der Waals surface area contributed by atoms with E-state index in [1.807, 2.05) is 0 Å². The van der Waals surface area contributed by atoms with Crippen LogP contribution in [-0.2, 0) is 0 Å². The quantitative estimate of drug-likeness (QED) is 0.928. The van der Waals surface area contributed by atoms with E-state index in [9.17, 15) is 9.18 Å². The van der Waals surface area contributed by atoms with Crippen LogP contribution in [-0.4, -0.2) is 16.1 Å². The molecule has 0 spiro atoms. The van der Waals surface area contributed by atoms with Crippen LogP contribution in [0.15, 0.2) is 28.2 Å². The summed E-state index contributed by atoms with van der Waals surface area (Å²) in [6.07, 6.45) is 0. The highest BCUT2D eigenvalue weighted by atomic mass is 79.9. The van der Waals surface area contributed by atoms with Crippen molar-refractivity contribution in [3.63, 3.8) is 0 Å². The molecule has 0 bridgehead atoms. The van der Waals surface area contributed by atoms with Gasteiger partial charge in [-0.05, 0) is 18.2 Å². The predicted molar refractivity (Wildman–Crippen MR) is 62.0 cm³/mol. The minimum Gasteiger partial charge on any atom is -0.296 e. The second kappa shape index (κ2) is 4.67. The molecular formula is C9H5BrFN3OS. The van der Waals surface area contributed by atoms with Crippen LogP contribution in [0.5, 0.6) is 0 Å². The summed E-state index contributed by atoms with van der Waals surface area (Å²) in [6.45, 7) is 0. The second-order valence-corrected chi connectivity index (χ2v) is 4.57. The van der Waals surface area contributed by atoms with E-state index in [2.05, 4.69) is 31.4 Å². The van der Waals surface area contributed by atoms with E-state index in [1.165, 1.54) is 35.0 Å². The highest BCUT2D eigenvalue weighted by Gasteiger charge is 2.13. The van der Waals surface area contributed by atoms with Crippen molar-refractivity contribution in [1.82, 2.24) is 10.2 Å². The Bertz CT molecular complexity index is 517. The summed E-state index contributed by atoms with van der Waals surface area (Å²) in [4.78, 5) is 11.7. The number of halogens is 2. The largest absolute Gasteiger partial charge is 0.296 e. The minimum absolute atomic E-state index is 0.0374. The molecule has 2 rings (SSSR count). The molecule has 0 atom stereocenters. The smallest absolute Gasteiger partial charge is 0.260 e. The maximum absolute atomic E-state index is 13.3. The molecule has 7 heteroatoms. The van der Waals surface area contributed by atoms with E-state index in [1.54, 1.807) is 0 Å². The molecule has 0 aliphatic rings. The van der Waals surface area contributed by atoms with E-state index < -0.39 is 11.7 Å². The molecule has 0 radical (unpaired) electrons. The van der Waals surface area contributed by atoms with Crippen LogP contribution in [0.2, 0.25) is 0 Å². The fraction of sp³-hybridized carbons (Fsp3) is 0. The molecule has 0 unspecified atom stereocenters. The maximum atomic E-state index is 13.3. The van der Waals surface area contributed by atoms with E-state index in [4.69, 9.17) is 0 Å². The van der Waals surface area contributed by atoms with Gasteiger partial charge in [-0.3, -0.25) is 10.1 Å². The lowest BCUT2D eigenvalue weighted by molar-refractivity contribution is 0.102. The van der Waals surface area contributed by atoms with Gasteiger partial charge < -0.3 is 0 Å². The highest BCUT2D eigenvalue weighted by Crippen LogP contribution is 2.17. The molecule has 0 aliphatic heterocycles. The third-order valence-electron chi connectivity index (χ3n) is 1.75. The molecule has 1 amide bonds. The van der Waals surface area contributed by atoms with Gasteiger partial charge in [0, 0.05) is 4.47 Å². The van der Waals surface area contributed by atoms with Crippen LogP contribution in [0.25, 0.3) is 0 Å². The number of nitrogens with one attached hydrogen (secondary N) is 1. The normalized spacial score (nSPS) is 10.1. The Morgan fingerprint density at radius 1 is 1.50 bits per heavy atom. The molecule has 82 valence electrons. The van der Waals surface area contributed by atoms with Crippen LogP contribution < -0.4 is 5.32 Å². The third kappa shape index (κ3) is 2.42. The first kappa shape index (κ1) is 11.2. The van der Waals surface area contributed by atoms with Gasteiger partial charge in [-0.25, -0.2) is 4.39 Å². The summed E-state index contributed by atoms with van der Waals surface area (Å²) in [5, 5.41) is 9.98. The van der Waals surface area contributed by atoms with Crippen molar-refractivity contribution in [3.05, 3.63) is 39.6 Å². The fourth-order valence-corrected chi connectivity index (χ4v) is 1.86. The third-order valence-corrected chi connectivity index (χ3v) is 2.85. The summed E-state index contributed by atoms with van der Waals surface area (Å²) in [7, 11) is 0. The van der Waals surface area contributed by atoms with Crippen LogP contribution in [0.4, 0.5) is 9.52 Å². The lowest BCUT2D eigenvalue weighted by Gasteiger charge is -2.02. The minimum atomic E-state index is -0.579. The molecule has 1 heterocycles. The van der Waals surface area contributed by atoms with Crippen LogP contribution in [0.1, 0.15) is 10.4 Å². The second-order valence-electron chi connectivity index (χ2n) is 2.82. The molecule has 2 aromatic rings. The van der Waals surface area contributed by atoms with Gasteiger partial charge in [-0.15, -0.1) is 10.2 Å². The van der Waals surface area contributed by atoms with E-state index in [-0.39, 0.29) is 5.56 Å². The molecule has 1 N–H and O–H groups in total. The van der Waals surface area contributed by atoms with E-state index in [0.29, 0.717) is 9.60 Å². The number of rotatable bonds is 2. The first-order valence-electron chi connectivity index (χ1n) is 4.19. The number of aromatic nitrogens is 2. The number of carbonyl (C=O) groups is 1. The van der Waals surface area contributed by atoms with Crippen molar-refractivity contribution in [2.45, 2.75) is 0 Å². The van der Waals surface area contributed by atoms with Gasteiger partial charge in [0.15, 0.2) is 0 Å². The average Bonchev–Trinajstić information content (AvgIpc) is 2.74. The molecule has 0 fully saturated rings. The summed E-state index contributed by atoms with van der Waals surface area (Å²) in [5.74, 6) is -1.12. The van der Waals surface area contributed by atoms with Crippen molar-refractivity contribution < 1.29 is 9.18 Å². The SMILES string of the molecule is O=C(Nc1nncs1)c1cc(Br)ccc1F. The van der Waals surface area contributed by atoms with Gasteiger partial charge in [0.1, 0.15) is 11.3 Å². The average molecular weight is 302 g/mol. The van der Waals surface area contributed by atoms with E-state index in [0.717, 1.165) is 0 Å². The van der Waals surface area contributed by atoms with Gasteiger partial charge in [0.2, 0.25) is 5.13 Å². The number of benzene rings is 1. The van der Waals surface area contributed by atoms with Gasteiger partial charge in [0.25, 0.3) is 5.91 Å². The first-order chi connectivity index (χ1) is 7.66. The van der Waals surface area contributed by atoms with Crippen LogP contribution in [0.3, 0.4) is 0 Å². The van der Waals surface area contributed by atoms with Gasteiger partial charge >= 0.3 is 0 Å². The predicted octanol–water partition coefficient (Wildman–Crippen LogP) is 2.69. The molecule has 0 saturated carbocycles. The van der Waals surface area contributed by atoms with Crippen LogP contribution >= 0.6 is 27.3 Å². The number of anilines is 1. The molecule has 1 aromatic heterocycles. The van der Waals surface area contributed by atoms with Crippen molar-refractivity contribution in [2.24, 2.45) is 0 Å². The van der Waals surface area contributed by atoms with Crippen molar-refractivity contribution in [3.8, 4) is 0 Å². The lowest BCUT2D eigenvalue weighted by Crippen LogP contribution is -2.13. The molecule has 0 aliphatic carbocycles. The molecule has 1 aromatic carbocycles. The maximum Gasteiger partial charge on any atom is 0.260 e. The Morgan fingerprint density at radius 3 is 3.00 bits per heavy atom. The Labute approximate surface area is 103 Å². The first-order valence-corrected chi connectivity index (χ1v) is 5.86. The number of amides is 1. The zero-order valence-corrected chi connectivity index (χ0v) is 10.2. The Balaban J connectivity index is 2.24. The van der Waals surface area contributed by atoms with Gasteiger partial charge in [0.05, 0.1) is 5.56 Å². The number of hydrogen-bond donors (Lipinski definition) is 1. The Morgan fingerprint density at radius 2 is 2.31 bits per heavy atom. The standard InChI is InChI=1S/C9H5BrFN3OS/c10-5-1-2-7(11)6(3-5)8(15)13-9-14-12-4-16-9/h1-4H,(H,13,14,15). The highest BCUT2D eigenvalue weighted by molar-refractivity contribution is 9.10. The summed E-state index contributed by atoms with van der Waals surface area (Å²) in [6, 6.07) is 4.15. The lowest BCUT2D eigenvalue weighted by atomic mass is 10.2. The van der Waals surface area contributed by atoms with Crippen LogP contribution in [0, 0.1) is 5.82 Å². The fourth-order valence-electron chi connectivity index (χ4n) is 1.06. The number of hydrogen-bond acceptors (Lipinski definition) is 4. The molecular weight excluding hydrogens is 297 g/mol. The van der Waals surface area contributed by atoms with E-state index >= 15 is 0 Å².